The van der Waals surface area contributed by atoms with E-state index in [9.17, 15) is 19.2 Å². The summed E-state index contributed by atoms with van der Waals surface area (Å²) in [6.07, 6.45) is 5.27. The van der Waals surface area contributed by atoms with Crippen molar-refractivity contribution in [1.29, 1.82) is 0 Å². The summed E-state index contributed by atoms with van der Waals surface area (Å²) in [5, 5.41) is 7.39. The fourth-order valence-electron chi connectivity index (χ4n) is 6.16. The number of nitrogens with one attached hydrogen (secondary N) is 3. The van der Waals surface area contributed by atoms with Crippen LogP contribution in [0.15, 0.2) is 30.3 Å². The number of benzene rings is 1. The van der Waals surface area contributed by atoms with Crippen molar-refractivity contribution in [1.82, 2.24) is 21.1 Å². The number of carbonyl (C=O) groups excluding carboxylic acids is 4. The van der Waals surface area contributed by atoms with E-state index in [0.717, 1.165) is 17.2 Å². The van der Waals surface area contributed by atoms with Gasteiger partial charge in [0, 0.05) is 6.54 Å². The maximum absolute atomic E-state index is 13.6. The minimum atomic E-state index is -1.99. The third-order valence-corrected chi connectivity index (χ3v) is 14.7. The van der Waals surface area contributed by atoms with E-state index in [1.807, 2.05) is 45.9 Å². The molecule has 3 aliphatic rings. The first-order valence-corrected chi connectivity index (χ1v) is 19.1. The SMILES string of the molecule is CC1NC(=O)C(C(C)C)OC(=O)C(C)C(O[Si]2(C)CC2(C)C)CCC=Cc2cccc(c2)C(C)NC(=O)C2CCCN(N2)C1=O. The number of allylic oxidation sites excluding steroid dienone is 1. The van der Waals surface area contributed by atoms with E-state index < -0.39 is 44.3 Å². The number of hydrogen-bond donors (Lipinski definition) is 3. The Morgan fingerprint density at radius 1 is 1.02 bits per heavy atom. The van der Waals surface area contributed by atoms with Gasteiger partial charge in [-0.25, -0.2) is 5.43 Å². The molecule has 4 rings (SSSR count). The van der Waals surface area contributed by atoms with Crippen molar-refractivity contribution in [3.05, 3.63) is 41.5 Å². The summed E-state index contributed by atoms with van der Waals surface area (Å²) in [6, 6.07) is 7.36. The minimum absolute atomic E-state index is 0.145. The van der Waals surface area contributed by atoms with E-state index in [4.69, 9.17) is 9.16 Å². The highest BCUT2D eigenvalue weighted by atomic mass is 28.4. The van der Waals surface area contributed by atoms with Crippen LogP contribution in [0.3, 0.4) is 0 Å². The van der Waals surface area contributed by atoms with Crippen LogP contribution in [-0.4, -0.2) is 67.9 Å². The van der Waals surface area contributed by atoms with Gasteiger partial charge in [0.2, 0.25) is 5.91 Å². The molecule has 1 aromatic carbocycles. The van der Waals surface area contributed by atoms with Crippen LogP contribution >= 0.6 is 0 Å². The van der Waals surface area contributed by atoms with Gasteiger partial charge in [-0.15, -0.1) is 0 Å². The molecule has 0 spiro atoms. The number of amides is 3. The lowest BCUT2D eigenvalue weighted by Crippen LogP contribution is -2.61. The molecule has 4 bridgehead atoms. The Morgan fingerprint density at radius 3 is 2.38 bits per heavy atom. The number of ether oxygens (including phenoxy) is 1. The lowest BCUT2D eigenvalue weighted by molar-refractivity contribution is -0.165. The highest BCUT2D eigenvalue weighted by Gasteiger charge is 2.63. The number of hydrogen-bond acceptors (Lipinski definition) is 7. The Labute approximate surface area is 269 Å². The van der Waals surface area contributed by atoms with Crippen LogP contribution in [-0.2, 0) is 28.3 Å². The summed E-state index contributed by atoms with van der Waals surface area (Å²) in [7, 11) is -1.99. The average Bonchev–Trinajstić information content (AvgIpc) is 3.51. The molecular weight excluding hydrogens is 588 g/mol. The van der Waals surface area contributed by atoms with Crippen molar-refractivity contribution in [2.75, 3.05) is 6.54 Å². The van der Waals surface area contributed by atoms with Crippen molar-refractivity contribution < 1.29 is 28.3 Å². The molecule has 0 aromatic heterocycles. The smallest absolute Gasteiger partial charge is 0.312 e. The van der Waals surface area contributed by atoms with E-state index in [1.165, 1.54) is 5.01 Å². The van der Waals surface area contributed by atoms with Gasteiger partial charge in [0.15, 0.2) is 14.4 Å². The molecule has 0 saturated carbocycles. The first kappa shape index (κ1) is 34.8. The quantitative estimate of drug-likeness (QED) is 0.325. The Kier molecular flexibility index (Phi) is 11.0. The van der Waals surface area contributed by atoms with Crippen LogP contribution in [0.4, 0.5) is 0 Å². The van der Waals surface area contributed by atoms with Crippen LogP contribution in [0, 0.1) is 11.8 Å². The van der Waals surface area contributed by atoms with Gasteiger partial charge >= 0.3 is 5.97 Å². The average molecular weight is 641 g/mol. The Bertz CT molecular complexity index is 1300. The second-order valence-corrected chi connectivity index (χ2v) is 18.7. The van der Waals surface area contributed by atoms with Gasteiger partial charge in [-0.05, 0) is 87.2 Å². The maximum Gasteiger partial charge on any atom is 0.312 e. The molecule has 2 saturated heterocycles. The molecule has 3 aliphatic heterocycles. The molecule has 7 atom stereocenters. The second-order valence-electron chi connectivity index (χ2n) is 14.3. The molecule has 1 aromatic rings. The van der Waals surface area contributed by atoms with Gasteiger partial charge in [0.05, 0.1) is 18.1 Å². The first-order valence-electron chi connectivity index (χ1n) is 16.4. The number of rotatable bonds is 3. The van der Waals surface area contributed by atoms with E-state index >= 15 is 0 Å². The summed E-state index contributed by atoms with van der Waals surface area (Å²) in [4.78, 5) is 53.5. The first-order chi connectivity index (χ1) is 21.1. The zero-order valence-electron chi connectivity index (χ0n) is 28.1. The lowest BCUT2D eigenvalue weighted by atomic mass is 9.99. The fourth-order valence-corrected chi connectivity index (χ4v) is 9.89. The molecule has 3 amide bonds. The molecule has 3 heterocycles. The molecule has 0 radical (unpaired) electrons. The molecular formula is C34H52N4O6Si. The third kappa shape index (κ3) is 8.42. The number of carbonyl (C=O) groups is 4. The van der Waals surface area contributed by atoms with Gasteiger partial charge < -0.3 is 19.8 Å². The van der Waals surface area contributed by atoms with Crippen molar-refractivity contribution in [2.45, 2.75) is 122 Å². The normalized spacial score (nSPS) is 33.4. The number of nitrogens with zero attached hydrogens (tertiary/aromatic N) is 1. The number of cyclic esters (lactones) is 1. The van der Waals surface area contributed by atoms with Gasteiger partial charge in [0.1, 0.15) is 12.1 Å². The molecule has 7 unspecified atom stereocenters. The van der Waals surface area contributed by atoms with Crippen LogP contribution < -0.4 is 16.1 Å². The summed E-state index contributed by atoms with van der Waals surface area (Å²) in [5.41, 5.74) is 5.04. The Balaban J connectivity index is 1.61. The predicted molar refractivity (Wildman–Crippen MR) is 176 cm³/mol. The van der Waals surface area contributed by atoms with Gasteiger partial charge in [-0.2, -0.15) is 0 Å². The Hall–Kier alpha value is -3.02. The van der Waals surface area contributed by atoms with Crippen LogP contribution in [0.2, 0.25) is 17.6 Å². The highest BCUT2D eigenvalue weighted by molar-refractivity contribution is 6.86. The zero-order valence-corrected chi connectivity index (χ0v) is 29.1. The molecule has 248 valence electrons. The summed E-state index contributed by atoms with van der Waals surface area (Å²) in [6.45, 7) is 16.0. The molecule has 2 fully saturated rings. The third-order valence-electron chi connectivity index (χ3n) is 9.73. The predicted octanol–water partition coefficient (Wildman–Crippen LogP) is 4.63. The maximum atomic E-state index is 13.6. The topological polar surface area (TPSA) is 126 Å². The van der Waals surface area contributed by atoms with Crippen molar-refractivity contribution in [2.24, 2.45) is 11.8 Å². The van der Waals surface area contributed by atoms with E-state index in [0.29, 0.717) is 32.2 Å². The number of esters is 1. The van der Waals surface area contributed by atoms with Crippen molar-refractivity contribution in [3.8, 4) is 0 Å². The van der Waals surface area contributed by atoms with Crippen LogP contribution in [0.5, 0.6) is 0 Å². The lowest BCUT2D eigenvalue weighted by Gasteiger charge is -2.35. The van der Waals surface area contributed by atoms with Gasteiger partial charge in [-0.1, -0.05) is 58.0 Å². The second kappa shape index (κ2) is 14.2. The molecule has 11 heteroatoms. The minimum Gasteiger partial charge on any atom is -0.452 e. The van der Waals surface area contributed by atoms with Crippen LogP contribution in [0.25, 0.3) is 6.08 Å². The van der Waals surface area contributed by atoms with E-state index in [-0.39, 0.29) is 34.9 Å². The van der Waals surface area contributed by atoms with Crippen molar-refractivity contribution >= 4 is 38.1 Å². The summed E-state index contributed by atoms with van der Waals surface area (Å²) in [5.74, 6) is -2.46. The Morgan fingerprint density at radius 2 is 1.71 bits per heavy atom. The molecule has 10 nitrogen and oxygen atoms in total. The standard InChI is InChI=1S/C34H52N4O6Si/c1-21(2)29-31(40)36-24(5)32(41)38-18-12-16-27(37-38)30(39)35-23(4)26-15-11-14-25(19-26)13-9-10-17-28(22(3)33(42)43-29)44-45(8)20-34(45,6)7/h9,11,13-15,19,21-24,27-29,37H,10,12,16-18,20H2,1-8H3,(H,35,39)(H,36,40). The van der Waals surface area contributed by atoms with Gasteiger partial charge in [-0.3, -0.25) is 24.2 Å². The summed E-state index contributed by atoms with van der Waals surface area (Å²) >= 11 is 0. The highest BCUT2D eigenvalue weighted by Crippen LogP contribution is 2.62. The van der Waals surface area contributed by atoms with Gasteiger partial charge in [0.25, 0.3) is 11.8 Å². The monoisotopic (exact) mass is 640 g/mol. The zero-order chi connectivity index (χ0) is 33.1. The molecule has 3 N–H and O–H groups in total. The van der Waals surface area contributed by atoms with E-state index in [1.54, 1.807) is 6.92 Å². The number of hydrazine groups is 1. The summed E-state index contributed by atoms with van der Waals surface area (Å²) < 4.78 is 12.6. The van der Waals surface area contributed by atoms with E-state index in [2.05, 4.69) is 54.7 Å². The number of fused-ring (bicyclic) bond motifs is 4. The van der Waals surface area contributed by atoms with Crippen LogP contribution in [0.1, 0.15) is 91.3 Å². The molecule has 0 aliphatic carbocycles. The largest absolute Gasteiger partial charge is 0.452 e. The fraction of sp³-hybridized carbons (Fsp3) is 0.647. The molecule has 45 heavy (non-hydrogen) atoms. The van der Waals surface area contributed by atoms with Crippen molar-refractivity contribution in [3.63, 3.8) is 0 Å².